The van der Waals surface area contributed by atoms with E-state index in [9.17, 15) is 29.6 Å². The molecule has 0 aliphatic carbocycles. The normalized spacial score (nSPS) is 23.6. The van der Waals surface area contributed by atoms with Crippen molar-refractivity contribution in [1.82, 2.24) is 0 Å². The summed E-state index contributed by atoms with van der Waals surface area (Å²) in [6.45, 7) is -0.490. The summed E-state index contributed by atoms with van der Waals surface area (Å²) < 4.78 is 24.1. The fraction of sp³-hybridized carbons (Fsp3) is 0.552. The van der Waals surface area contributed by atoms with Gasteiger partial charge < -0.3 is 29.9 Å². The second kappa shape index (κ2) is 15.1. The number of hydrogen-bond donors (Lipinski definition) is 4. The molecule has 0 saturated carbocycles. The third kappa shape index (κ3) is 9.47. The van der Waals surface area contributed by atoms with Crippen LogP contribution < -0.4 is 4.74 Å². The summed E-state index contributed by atoms with van der Waals surface area (Å²) >= 11 is 0. The van der Waals surface area contributed by atoms with Crippen LogP contribution in [0.15, 0.2) is 48.5 Å². The van der Waals surface area contributed by atoms with E-state index in [-0.39, 0.29) is 18.0 Å². The first-order valence-corrected chi connectivity index (χ1v) is 13.2. The topological polar surface area (TPSA) is 116 Å². The van der Waals surface area contributed by atoms with Gasteiger partial charge in [0.25, 0.3) is 0 Å². The van der Waals surface area contributed by atoms with Gasteiger partial charge >= 0.3 is 0 Å². The first kappa shape index (κ1) is 29.2. The van der Waals surface area contributed by atoms with Gasteiger partial charge in [0.1, 0.15) is 47.5 Å². The maximum atomic E-state index is 13.0. The highest BCUT2D eigenvalue weighted by Crippen LogP contribution is 2.25. The van der Waals surface area contributed by atoms with Gasteiger partial charge in [-0.2, -0.15) is 0 Å². The van der Waals surface area contributed by atoms with E-state index < -0.39 is 37.1 Å². The minimum atomic E-state index is -1.44. The molecule has 1 aliphatic rings. The summed E-state index contributed by atoms with van der Waals surface area (Å²) in [6, 6.07) is 13.9. The Morgan fingerprint density at radius 3 is 1.92 bits per heavy atom. The fourth-order valence-electron chi connectivity index (χ4n) is 4.57. The molecular formula is C29H39FO7. The number of unbranched alkanes of at least 4 members (excludes halogenated alkanes) is 6. The molecule has 0 unspecified atom stereocenters. The van der Waals surface area contributed by atoms with E-state index in [4.69, 9.17) is 9.47 Å². The number of rotatable bonds is 15. The van der Waals surface area contributed by atoms with Gasteiger partial charge in [-0.25, -0.2) is 4.39 Å². The summed E-state index contributed by atoms with van der Waals surface area (Å²) in [7, 11) is 0. The second-order valence-corrected chi connectivity index (χ2v) is 9.78. The van der Waals surface area contributed by atoms with Gasteiger partial charge in [-0.05, 0) is 61.2 Å². The summed E-state index contributed by atoms with van der Waals surface area (Å²) in [5, 5.41) is 38.9. The minimum absolute atomic E-state index is 0.0409. The largest absolute Gasteiger partial charge is 0.457 e. The Bertz CT molecular complexity index is 932. The van der Waals surface area contributed by atoms with Crippen molar-refractivity contribution in [3.05, 3.63) is 59.9 Å². The number of aryl methyl sites for hydroxylation is 1. The Labute approximate surface area is 217 Å². The molecule has 0 spiro atoms. The zero-order chi connectivity index (χ0) is 26.6. The Morgan fingerprint density at radius 1 is 0.757 bits per heavy atom. The van der Waals surface area contributed by atoms with Gasteiger partial charge in [0.05, 0.1) is 12.7 Å². The van der Waals surface area contributed by atoms with Crippen LogP contribution in [0, 0.1) is 5.82 Å². The third-order valence-corrected chi connectivity index (χ3v) is 6.81. The van der Waals surface area contributed by atoms with E-state index >= 15 is 0 Å². The highest BCUT2D eigenvalue weighted by Gasteiger charge is 2.43. The number of carbonyl (C=O) groups is 1. The SMILES string of the molecule is O=C(CCCCCCCCCc1ccc(Oc2ccc(F)cc2)cc1)C[C@@H]1O[C@H](CO)[C@H](O)[C@H](O)[C@H]1O. The van der Waals surface area contributed by atoms with Crippen molar-refractivity contribution in [3.63, 3.8) is 0 Å². The quantitative estimate of drug-likeness (QED) is 0.263. The number of Topliss-reactive ketones (excluding diaryl/α,β-unsaturated/α-hetero) is 1. The molecule has 1 fully saturated rings. The van der Waals surface area contributed by atoms with Crippen LogP contribution in [0.1, 0.15) is 63.4 Å². The molecule has 0 aromatic heterocycles. The molecule has 1 saturated heterocycles. The van der Waals surface area contributed by atoms with Gasteiger partial charge in [0, 0.05) is 12.8 Å². The molecular weight excluding hydrogens is 479 g/mol. The average molecular weight is 519 g/mol. The molecule has 7 nitrogen and oxygen atoms in total. The van der Waals surface area contributed by atoms with Crippen LogP contribution in [0.5, 0.6) is 11.5 Å². The lowest BCUT2D eigenvalue weighted by atomic mass is 9.92. The standard InChI is InChI=1S/C29H39FO7/c30-21-12-16-24(17-13-21)36-23-14-10-20(11-15-23)8-6-4-2-1-3-5-7-9-22(32)18-25-27(33)29(35)28(34)26(19-31)37-25/h10-17,25-29,31,33-35H,1-9,18-19H2/t25-,26+,27-,28-,29+/m0/s1. The van der Waals surface area contributed by atoms with E-state index in [0.29, 0.717) is 12.2 Å². The summed E-state index contributed by atoms with van der Waals surface area (Å²) in [4.78, 5) is 12.3. The predicted octanol–water partition coefficient (Wildman–Crippen LogP) is 4.08. The maximum absolute atomic E-state index is 13.0. The average Bonchev–Trinajstić information content (AvgIpc) is 2.90. The number of ether oxygens (including phenoxy) is 2. The number of carbonyl (C=O) groups excluding carboxylic acids is 1. The van der Waals surface area contributed by atoms with Crippen molar-refractivity contribution in [2.75, 3.05) is 6.61 Å². The van der Waals surface area contributed by atoms with Crippen molar-refractivity contribution in [2.24, 2.45) is 0 Å². The van der Waals surface area contributed by atoms with Gasteiger partial charge in [0.2, 0.25) is 0 Å². The van der Waals surface area contributed by atoms with E-state index in [1.165, 1.54) is 17.7 Å². The Hall–Kier alpha value is -2.36. The predicted molar refractivity (Wildman–Crippen MR) is 137 cm³/mol. The molecule has 37 heavy (non-hydrogen) atoms. The van der Waals surface area contributed by atoms with Crippen LogP contribution in [0.2, 0.25) is 0 Å². The van der Waals surface area contributed by atoms with Crippen molar-refractivity contribution in [3.8, 4) is 11.5 Å². The lowest BCUT2D eigenvalue weighted by Crippen LogP contribution is -2.58. The van der Waals surface area contributed by atoms with Gasteiger partial charge in [-0.3, -0.25) is 4.79 Å². The highest BCUT2D eigenvalue weighted by molar-refractivity contribution is 5.78. The second-order valence-electron chi connectivity index (χ2n) is 9.78. The zero-order valence-corrected chi connectivity index (χ0v) is 21.2. The Balaban J connectivity index is 1.20. The molecule has 1 aliphatic heterocycles. The fourth-order valence-corrected chi connectivity index (χ4v) is 4.57. The van der Waals surface area contributed by atoms with E-state index in [1.807, 2.05) is 12.1 Å². The van der Waals surface area contributed by atoms with Gasteiger partial charge in [-0.1, -0.05) is 44.2 Å². The molecule has 2 aromatic carbocycles. The molecule has 0 radical (unpaired) electrons. The highest BCUT2D eigenvalue weighted by atomic mass is 19.1. The molecule has 2 aromatic rings. The van der Waals surface area contributed by atoms with Crippen molar-refractivity contribution in [2.45, 2.75) is 94.7 Å². The number of hydrogen-bond acceptors (Lipinski definition) is 7. The van der Waals surface area contributed by atoms with Crippen LogP contribution >= 0.6 is 0 Å². The smallest absolute Gasteiger partial charge is 0.135 e. The first-order chi connectivity index (χ1) is 17.9. The number of ketones is 1. The molecule has 204 valence electrons. The van der Waals surface area contributed by atoms with Crippen LogP contribution in [0.3, 0.4) is 0 Å². The molecule has 8 heteroatoms. The Morgan fingerprint density at radius 2 is 1.30 bits per heavy atom. The number of aliphatic hydroxyl groups excluding tert-OH is 4. The summed E-state index contributed by atoms with van der Waals surface area (Å²) in [5.74, 6) is 0.982. The molecule has 3 rings (SSSR count). The van der Waals surface area contributed by atoms with Crippen molar-refractivity contribution >= 4 is 5.78 Å². The first-order valence-electron chi connectivity index (χ1n) is 13.2. The van der Waals surface area contributed by atoms with Crippen molar-refractivity contribution in [1.29, 1.82) is 0 Å². The molecule has 5 atom stereocenters. The van der Waals surface area contributed by atoms with E-state index in [0.717, 1.165) is 57.1 Å². The summed E-state index contributed by atoms with van der Waals surface area (Å²) in [6.07, 6.45) is 2.55. The molecule has 0 amide bonds. The van der Waals surface area contributed by atoms with Gasteiger partial charge in [-0.15, -0.1) is 0 Å². The minimum Gasteiger partial charge on any atom is -0.457 e. The molecule has 0 bridgehead atoms. The van der Waals surface area contributed by atoms with Crippen LogP contribution in [-0.2, 0) is 16.0 Å². The van der Waals surface area contributed by atoms with Crippen LogP contribution in [-0.4, -0.2) is 63.3 Å². The maximum Gasteiger partial charge on any atom is 0.135 e. The van der Waals surface area contributed by atoms with Crippen LogP contribution in [0.4, 0.5) is 4.39 Å². The summed E-state index contributed by atoms with van der Waals surface area (Å²) in [5.41, 5.74) is 1.25. The van der Waals surface area contributed by atoms with Crippen molar-refractivity contribution < 1.29 is 39.1 Å². The van der Waals surface area contributed by atoms with E-state index in [2.05, 4.69) is 12.1 Å². The number of aliphatic hydroxyl groups is 4. The molecule has 1 heterocycles. The molecule has 4 N–H and O–H groups in total. The lowest BCUT2D eigenvalue weighted by Gasteiger charge is -2.39. The van der Waals surface area contributed by atoms with E-state index in [1.54, 1.807) is 12.1 Å². The number of halogens is 1. The van der Waals surface area contributed by atoms with Crippen LogP contribution in [0.25, 0.3) is 0 Å². The zero-order valence-electron chi connectivity index (χ0n) is 21.2. The van der Waals surface area contributed by atoms with Gasteiger partial charge in [0.15, 0.2) is 0 Å². The third-order valence-electron chi connectivity index (χ3n) is 6.81. The number of benzene rings is 2. The lowest BCUT2D eigenvalue weighted by molar-refractivity contribution is -0.229. The Kier molecular flexibility index (Phi) is 12.0. The monoisotopic (exact) mass is 518 g/mol.